The molecule has 8 heteroatoms. The molecule has 1 unspecified atom stereocenters. The molecule has 1 saturated heterocycles. The lowest BCUT2D eigenvalue weighted by Crippen LogP contribution is -2.44. The van der Waals surface area contributed by atoms with E-state index in [1.807, 2.05) is 6.92 Å². The number of nitrogens with one attached hydrogen (secondary N) is 1. The summed E-state index contributed by atoms with van der Waals surface area (Å²) in [4.78, 5) is 22.7. The summed E-state index contributed by atoms with van der Waals surface area (Å²) in [6.07, 6.45) is 2.56. The zero-order valence-corrected chi connectivity index (χ0v) is 14.8. The van der Waals surface area contributed by atoms with Crippen molar-refractivity contribution in [2.45, 2.75) is 46.0 Å². The van der Waals surface area contributed by atoms with Crippen LogP contribution in [0.15, 0.2) is 0 Å². The minimum absolute atomic E-state index is 0.0222. The highest BCUT2D eigenvalue weighted by atomic mass is 32.2. The molecule has 0 spiro atoms. The van der Waals surface area contributed by atoms with Crippen molar-refractivity contribution in [3.63, 3.8) is 0 Å². The Hall–Kier alpha value is -1.15. The minimum Gasteiger partial charge on any atom is -0.481 e. The molecule has 0 radical (unpaired) electrons. The first-order valence-electron chi connectivity index (χ1n) is 8.23. The molecule has 0 aromatic carbocycles. The number of rotatable bonds is 9. The molecule has 1 aliphatic heterocycles. The number of hydrogen-bond donors (Lipinski definition) is 2. The molecule has 1 amide bonds. The van der Waals surface area contributed by atoms with E-state index < -0.39 is 16.0 Å². The van der Waals surface area contributed by atoms with Gasteiger partial charge in [0.15, 0.2) is 0 Å². The Labute approximate surface area is 138 Å². The summed E-state index contributed by atoms with van der Waals surface area (Å²) < 4.78 is 25.7. The van der Waals surface area contributed by atoms with Gasteiger partial charge in [-0.2, -0.15) is 0 Å². The fourth-order valence-electron chi connectivity index (χ4n) is 2.64. The molecule has 23 heavy (non-hydrogen) atoms. The maximum absolute atomic E-state index is 12.1. The summed E-state index contributed by atoms with van der Waals surface area (Å²) in [6, 6.07) is 0. The van der Waals surface area contributed by atoms with Crippen molar-refractivity contribution >= 4 is 21.9 Å². The number of carbonyl (C=O) groups excluding carboxylic acids is 1. The van der Waals surface area contributed by atoms with Gasteiger partial charge in [-0.1, -0.05) is 20.3 Å². The van der Waals surface area contributed by atoms with Gasteiger partial charge < -0.3 is 10.4 Å². The fourth-order valence-corrected chi connectivity index (χ4v) is 4.32. The zero-order valence-electron chi connectivity index (χ0n) is 14.0. The lowest BCUT2D eigenvalue weighted by molar-refractivity contribution is -0.138. The summed E-state index contributed by atoms with van der Waals surface area (Å²) in [5, 5.41) is 11.5. The van der Waals surface area contributed by atoms with E-state index in [4.69, 9.17) is 5.11 Å². The standard InChI is InChI=1S/C15H28N2O5S/c1-3-4-9-23(21,22)17-7-5-13(6-8-17)15(20)16-11-12(2)10-14(18)19/h12-13H,3-11H2,1-2H3,(H,16,20)(H,18,19). The Balaban J connectivity index is 2.38. The van der Waals surface area contributed by atoms with Gasteiger partial charge in [0.2, 0.25) is 15.9 Å². The van der Waals surface area contributed by atoms with Crippen LogP contribution in [0.1, 0.15) is 46.0 Å². The van der Waals surface area contributed by atoms with Crippen molar-refractivity contribution in [3.8, 4) is 0 Å². The molecule has 0 aromatic heterocycles. The molecule has 1 heterocycles. The van der Waals surface area contributed by atoms with Gasteiger partial charge >= 0.3 is 5.97 Å². The summed E-state index contributed by atoms with van der Waals surface area (Å²) in [5.74, 6) is -1.12. The lowest BCUT2D eigenvalue weighted by atomic mass is 9.97. The first-order chi connectivity index (χ1) is 10.8. The Morgan fingerprint density at radius 2 is 1.91 bits per heavy atom. The quantitative estimate of drug-likeness (QED) is 0.648. The summed E-state index contributed by atoms with van der Waals surface area (Å²) in [5.41, 5.74) is 0. The van der Waals surface area contributed by atoms with Crippen LogP contribution >= 0.6 is 0 Å². The Bertz CT molecular complexity index is 498. The van der Waals surface area contributed by atoms with Crippen molar-refractivity contribution in [2.24, 2.45) is 11.8 Å². The molecule has 0 aromatic rings. The van der Waals surface area contributed by atoms with Crippen LogP contribution in [-0.2, 0) is 19.6 Å². The molecule has 1 rings (SSSR count). The number of piperidine rings is 1. The molecule has 0 aliphatic carbocycles. The highest BCUT2D eigenvalue weighted by Crippen LogP contribution is 2.20. The predicted molar refractivity (Wildman–Crippen MR) is 87.4 cm³/mol. The van der Waals surface area contributed by atoms with Crippen LogP contribution in [0.2, 0.25) is 0 Å². The van der Waals surface area contributed by atoms with Gasteiger partial charge in [-0.15, -0.1) is 0 Å². The molecule has 2 N–H and O–H groups in total. The second-order valence-corrected chi connectivity index (χ2v) is 8.38. The topological polar surface area (TPSA) is 104 Å². The first kappa shape index (κ1) is 19.9. The number of amides is 1. The molecular formula is C15H28N2O5S. The van der Waals surface area contributed by atoms with Crippen LogP contribution in [0.25, 0.3) is 0 Å². The number of sulfonamides is 1. The van der Waals surface area contributed by atoms with Crippen molar-refractivity contribution in [1.29, 1.82) is 0 Å². The Morgan fingerprint density at radius 1 is 1.30 bits per heavy atom. The molecule has 0 bridgehead atoms. The highest BCUT2D eigenvalue weighted by molar-refractivity contribution is 7.89. The molecular weight excluding hydrogens is 320 g/mol. The Morgan fingerprint density at radius 3 is 2.43 bits per heavy atom. The average molecular weight is 348 g/mol. The van der Waals surface area contributed by atoms with Crippen LogP contribution in [0.5, 0.6) is 0 Å². The lowest BCUT2D eigenvalue weighted by Gasteiger charge is -2.30. The number of carboxylic acid groups (broad SMARTS) is 1. The SMILES string of the molecule is CCCCS(=O)(=O)N1CCC(C(=O)NCC(C)CC(=O)O)CC1. The van der Waals surface area contributed by atoms with Crippen LogP contribution in [-0.4, -0.2) is 55.1 Å². The molecule has 0 saturated carbocycles. The normalized spacial score (nSPS) is 18.5. The molecule has 7 nitrogen and oxygen atoms in total. The van der Waals surface area contributed by atoms with E-state index in [0.717, 1.165) is 6.42 Å². The van der Waals surface area contributed by atoms with Crippen molar-refractivity contribution in [1.82, 2.24) is 9.62 Å². The second-order valence-electron chi connectivity index (χ2n) is 6.29. The number of carbonyl (C=O) groups is 2. The minimum atomic E-state index is -3.20. The van der Waals surface area contributed by atoms with Gasteiger partial charge in [0, 0.05) is 32.0 Å². The third kappa shape index (κ3) is 6.87. The maximum Gasteiger partial charge on any atom is 0.303 e. The number of aliphatic carboxylic acids is 1. The van der Waals surface area contributed by atoms with E-state index >= 15 is 0 Å². The molecule has 1 aliphatic rings. The zero-order chi connectivity index (χ0) is 17.5. The smallest absolute Gasteiger partial charge is 0.303 e. The van der Waals surface area contributed by atoms with Gasteiger partial charge in [-0.3, -0.25) is 9.59 Å². The average Bonchev–Trinajstić information content (AvgIpc) is 2.50. The van der Waals surface area contributed by atoms with Crippen LogP contribution in [0.4, 0.5) is 0 Å². The van der Waals surface area contributed by atoms with Gasteiger partial charge in [0.1, 0.15) is 0 Å². The van der Waals surface area contributed by atoms with Crippen molar-refractivity contribution in [2.75, 3.05) is 25.4 Å². The summed E-state index contributed by atoms with van der Waals surface area (Å²) in [6.45, 7) is 4.83. The van der Waals surface area contributed by atoms with E-state index in [1.54, 1.807) is 6.92 Å². The van der Waals surface area contributed by atoms with E-state index in [1.165, 1.54) is 4.31 Å². The third-order valence-corrected chi connectivity index (χ3v) is 6.08. The predicted octanol–water partition coefficient (Wildman–Crippen LogP) is 1.06. The maximum atomic E-state index is 12.1. The van der Waals surface area contributed by atoms with Gasteiger partial charge in [-0.25, -0.2) is 12.7 Å². The monoisotopic (exact) mass is 348 g/mol. The number of unbranched alkanes of at least 4 members (excludes halogenated alkanes) is 1. The summed E-state index contributed by atoms with van der Waals surface area (Å²) in [7, 11) is -3.20. The number of hydrogen-bond acceptors (Lipinski definition) is 4. The van der Waals surface area contributed by atoms with Crippen LogP contribution < -0.4 is 5.32 Å². The molecule has 1 fully saturated rings. The Kier molecular flexibility index (Phi) is 7.98. The fraction of sp³-hybridized carbons (Fsp3) is 0.867. The molecule has 1 atom stereocenters. The highest BCUT2D eigenvalue weighted by Gasteiger charge is 2.30. The summed E-state index contributed by atoms with van der Waals surface area (Å²) >= 11 is 0. The van der Waals surface area contributed by atoms with E-state index in [9.17, 15) is 18.0 Å². The largest absolute Gasteiger partial charge is 0.481 e. The number of carboxylic acids is 1. The first-order valence-corrected chi connectivity index (χ1v) is 9.84. The van der Waals surface area contributed by atoms with Gasteiger partial charge in [0.05, 0.1) is 5.75 Å². The van der Waals surface area contributed by atoms with E-state index in [-0.39, 0.29) is 29.9 Å². The van der Waals surface area contributed by atoms with Crippen LogP contribution in [0.3, 0.4) is 0 Å². The second kappa shape index (κ2) is 9.22. The third-order valence-electron chi connectivity index (χ3n) is 4.12. The van der Waals surface area contributed by atoms with E-state index in [2.05, 4.69) is 5.32 Å². The van der Waals surface area contributed by atoms with E-state index in [0.29, 0.717) is 38.9 Å². The van der Waals surface area contributed by atoms with Crippen LogP contribution in [0, 0.1) is 11.8 Å². The van der Waals surface area contributed by atoms with Gasteiger partial charge in [-0.05, 0) is 25.2 Å². The molecule has 134 valence electrons. The number of nitrogens with zero attached hydrogens (tertiary/aromatic N) is 1. The van der Waals surface area contributed by atoms with Crippen molar-refractivity contribution < 1.29 is 23.1 Å². The van der Waals surface area contributed by atoms with Crippen molar-refractivity contribution in [3.05, 3.63) is 0 Å². The van der Waals surface area contributed by atoms with Gasteiger partial charge in [0.25, 0.3) is 0 Å².